The van der Waals surface area contributed by atoms with Gasteiger partial charge in [-0.05, 0) is 85.7 Å². The van der Waals surface area contributed by atoms with E-state index in [2.05, 4.69) is 11.4 Å². The minimum atomic E-state index is -0.533. The number of ether oxygens (including phenoxy) is 1. The molecule has 6 heteroatoms. The van der Waals surface area contributed by atoms with Gasteiger partial charge in [-0.15, -0.1) is 11.3 Å². The van der Waals surface area contributed by atoms with E-state index < -0.39 is 11.6 Å². The first-order chi connectivity index (χ1) is 15.7. The Balaban J connectivity index is 1.55. The van der Waals surface area contributed by atoms with Crippen LogP contribution in [0.25, 0.3) is 6.08 Å². The van der Waals surface area contributed by atoms with Gasteiger partial charge in [0.1, 0.15) is 5.60 Å². The maximum absolute atomic E-state index is 13.5. The molecule has 0 saturated carbocycles. The summed E-state index contributed by atoms with van der Waals surface area (Å²) in [5.74, 6) is -0.414. The average molecular weight is 480 g/mol. The molecule has 0 aliphatic carbocycles. The highest BCUT2D eigenvalue weighted by Crippen LogP contribution is 2.38. The van der Waals surface area contributed by atoms with Crippen LogP contribution in [0, 0.1) is 0 Å². The van der Waals surface area contributed by atoms with Crippen LogP contribution in [-0.2, 0) is 16.0 Å². The number of nitrogens with zero attached hydrogens (tertiary/aromatic N) is 1. The Morgan fingerprint density at radius 1 is 1.06 bits per heavy atom. The summed E-state index contributed by atoms with van der Waals surface area (Å²) in [5.41, 5.74) is 3.13. The van der Waals surface area contributed by atoms with Crippen molar-refractivity contribution in [3.63, 3.8) is 0 Å². The zero-order valence-corrected chi connectivity index (χ0v) is 20.5. The molecule has 4 nitrogen and oxygen atoms in total. The molecule has 1 aromatic heterocycles. The Morgan fingerprint density at radius 2 is 1.76 bits per heavy atom. The Morgan fingerprint density at radius 3 is 2.42 bits per heavy atom. The van der Waals surface area contributed by atoms with Crippen molar-refractivity contribution in [1.29, 1.82) is 0 Å². The molecule has 3 aromatic rings. The lowest BCUT2D eigenvalue weighted by atomic mass is 9.92. The summed E-state index contributed by atoms with van der Waals surface area (Å²) in [4.78, 5) is 28.7. The SMILES string of the molecule is CC(C)(C)OC(=O)C=Cc1ccc(C(=O)N2CCc3sccc3C2c2ccc(Cl)cc2)cc1. The number of hydrogen-bond donors (Lipinski definition) is 0. The monoisotopic (exact) mass is 479 g/mol. The molecule has 0 N–H and O–H groups in total. The zero-order valence-electron chi connectivity index (χ0n) is 18.9. The lowest BCUT2D eigenvalue weighted by molar-refractivity contribution is -0.148. The normalized spacial score (nSPS) is 16.0. The van der Waals surface area contributed by atoms with Crippen LogP contribution in [0.3, 0.4) is 0 Å². The molecule has 0 radical (unpaired) electrons. The molecule has 0 fully saturated rings. The fraction of sp³-hybridized carbons (Fsp3) is 0.259. The predicted molar refractivity (Wildman–Crippen MR) is 134 cm³/mol. The molecule has 2 heterocycles. The number of hydrogen-bond acceptors (Lipinski definition) is 4. The average Bonchev–Trinajstić information content (AvgIpc) is 3.25. The first kappa shape index (κ1) is 23.3. The lowest BCUT2D eigenvalue weighted by Gasteiger charge is -2.36. The molecule has 4 rings (SSSR count). The largest absolute Gasteiger partial charge is 0.457 e. The topological polar surface area (TPSA) is 46.6 Å². The number of halogens is 1. The Kier molecular flexibility index (Phi) is 6.73. The molecular weight excluding hydrogens is 454 g/mol. The first-order valence-electron chi connectivity index (χ1n) is 10.8. The molecule has 1 atom stereocenters. The van der Waals surface area contributed by atoms with Crippen LogP contribution in [0.4, 0.5) is 0 Å². The van der Waals surface area contributed by atoms with E-state index in [4.69, 9.17) is 16.3 Å². The van der Waals surface area contributed by atoms with Gasteiger partial charge in [0.2, 0.25) is 0 Å². The van der Waals surface area contributed by atoms with Crippen LogP contribution in [0.2, 0.25) is 5.02 Å². The minimum Gasteiger partial charge on any atom is -0.457 e. The van der Waals surface area contributed by atoms with E-state index in [9.17, 15) is 9.59 Å². The second-order valence-corrected chi connectivity index (χ2v) is 10.4. The number of benzene rings is 2. The minimum absolute atomic E-state index is 0.0190. The van der Waals surface area contributed by atoms with E-state index >= 15 is 0 Å². The van der Waals surface area contributed by atoms with Crippen molar-refractivity contribution in [3.05, 3.63) is 98.2 Å². The van der Waals surface area contributed by atoms with Crippen LogP contribution in [0.5, 0.6) is 0 Å². The Bertz CT molecular complexity index is 1170. The van der Waals surface area contributed by atoms with Gasteiger partial charge >= 0.3 is 5.97 Å². The van der Waals surface area contributed by atoms with Crippen LogP contribution in [0.1, 0.15) is 58.7 Å². The van der Waals surface area contributed by atoms with Gasteiger partial charge < -0.3 is 9.64 Å². The van der Waals surface area contributed by atoms with Gasteiger partial charge in [-0.2, -0.15) is 0 Å². The molecule has 1 aliphatic heterocycles. The molecule has 1 aliphatic rings. The van der Waals surface area contributed by atoms with Crippen molar-refractivity contribution in [2.24, 2.45) is 0 Å². The third kappa shape index (κ3) is 5.55. The number of rotatable bonds is 4. The summed E-state index contributed by atoms with van der Waals surface area (Å²) in [6.07, 6.45) is 3.94. The maximum atomic E-state index is 13.5. The highest BCUT2D eigenvalue weighted by atomic mass is 35.5. The fourth-order valence-corrected chi connectivity index (χ4v) is 4.97. The Labute approximate surface area is 203 Å². The van der Waals surface area contributed by atoms with E-state index in [0.29, 0.717) is 17.1 Å². The van der Waals surface area contributed by atoms with Crippen molar-refractivity contribution in [2.75, 3.05) is 6.54 Å². The molecule has 170 valence electrons. The van der Waals surface area contributed by atoms with Gasteiger partial charge in [-0.3, -0.25) is 4.79 Å². The highest BCUT2D eigenvalue weighted by molar-refractivity contribution is 7.10. The Hall–Kier alpha value is -2.89. The molecule has 1 amide bonds. The van der Waals surface area contributed by atoms with Crippen LogP contribution in [0.15, 0.2) is 66.1 Å². The molecular formula is C27H26ClNO3S. The maximum Gasteiger partial charge on any atom is 0.331 e. The number of thiophene rings is 1. The van der Waals surface area contributed by atoms with Crippen molar-refractivity contribution in [1.82, 2.24) is 4.90 Å². The van der Waals surface area contributed by atoms with Crippen LogP contribution >= 0.6 is 22.9 Å². The van der Waals surface area contributed by atoms with Gasteiger partial charge in [-0.25, -0.2) is 4.79 Å². The van der Waals surface area contributed by atoms with Gasteiger partial charge in [-0.1, -0.05) is 35.9 Å². The van der Waals surface area contributed by atoms with E-state index in [1.165, 1.54) is 16.5 Å². The van der Waals surface area contributed by atoms with Crippen molar-refractivity contribution < 1.29 is 14.3 Å². The number of amides is 1. The quantitative estimate of drug-likeness (QED) is 0.315. The number of carbonyl (C=O) groups excluding carboxylic acids is 2. The molecule has 0 bridgehead atoms. The lowest BCUT2D eigenvalue weighted by Crippen LogP contribution is -2.40. The molecule has 0 saturated heterocycles. The molecule has 0 spiro atoms. The molecule has 33 heavy (non-hydrogen) atoms. The van der Waals surface area contributed by atoms with Crippen molar-refractivity contribution in [3.8, 4) is 0 Å². The third-order valence-corrected chi connectivity index (χ3v) is 6.64. The van der Waals surface area contributed by atoms with Crippen LogP contribution < -0.4 is 0 Å². The van der Waals surface area contributed by atoms with E-state index in [1.807, 2.05) is 62.1 Å². The first-order valence-corrected chi connectivity index (χ1v) is 12.1. The standard InChI is InChI=1S/C27H26ClNO3S/c1-27(2,3)32-24(30)13-6-18-4-7-20(8-5-18)26(31)29-16-14-23-22(15-17-33-23)25(29)19-9-11-21(28)12-10-19/h4-13,15,17,25H,14,16H2,1-3H3. The van der Waals surface area contributed by atoms with Gasteiger partial charge in [0.25, 0.3) is 5.91 Å². The summed E-state index contributed by atoms with van der Waals surface area (Å²) in [5, 5.41) is 2.76. The second-order valence-electron chi connectivity index (χ2n) is 8.99. The summed E-state index contributed by atoms with van der Waals surface area (Å²) in [6, 6.07) is 17.0. The van der Waals surface area contributed by atoms with Gasteiger partial charge in [0.15, 0.2) is 0 Å². The molecule has 1 unspecified atom stereocenters. The van der Waals surface area contributed by atoms with Gasteiger partial charge in [0.05, 0.1) is 6.04 Å². The zero-order chi connectivity index (χ0) is 23.6. The summed E-state index contributed by atoms with van der Waals surface area (Å²) < 4.78 is 5.29. The second kappa shape index (κ2) is 9.54. The van der Waals surface area contributed by atoms with Crippen LogP contribution in [-0.4, -0.2) is 28.9 Å². The van der Waals surface area contributed by atoms with Gasteiger partial charge in [0, 0.05) is 28.1 Å². The number of fused-ring (bicyclic) bond motifs is 1. The fourth-order valence-electron chi connectivity index (χ4n) is 3.94. The van der Waals surface area contributed by atoms with Crippen molar-refractivity contribution >= 4 is 40.9 Å². The number of carbonyl (C=O) groups is 2. The molecule has 2 aromatic carbocycles. The highest BCUT2D eigenvalue weighted by Gasteiger charge is 2.33. The predicted octanol–water partition coefficient (Wildman–Crippen LogP) is 6.54. The van der Waals surface area contributed by atoms with Crippen molar-refractivity contribution in [2.45, 2.75) is 38.8 Å². The van der Waals surface area contributed by atoms with E-state index in [0.717, 1.165) is 17.5 Å². The van der Waals surface area contributed by atoms with E-state index in [-0.39, 0.29) is 11.9 Å². The summed E-state index contributed by atoms with van der Waals surface area (Å²) in [7, 11) is 0. The summed E-state index contributed by atoms with van der Waals surface area (Å²) >= 11 is 7.84. The third-order valence-electron chi connectivity index (χ3n) is 5.39. The summed E-state index contributed by atoms with van der Waals surface area (Å²) in [6.45, 7) is 6.14. The smallest absolute Gasteiger partial charge is 0.331 e. The number of esters is 1. The van der Waals surface area contributed by atoms with E-state index in [1.54, 1.807) is 29.5 Å².